The molecule has 0 saturated carbocycles. The lowest BCUT2D eigenvalue weighted by atomic mass is 10.2. The highest BCUT2D eigenvalue weighted by molar-refractivity contribution is 7.92. The van der Waals surface area contributed by atoms with E-state index >= 15 is 0 Å². The first-order valence-electron chi connectivity index (χ1n) is 7.03. The fourth-order valence-electron chi connectivity index (χ4n) is 2.04. The summed E-state index contributed by atoms with van der Waals surface area (Å²) in [7, 11) is -3.59. The Morgan fingerprint density at radius 2 is 2.00 bits per heavy atom. The fraction of sp³-hybridized carbons (Fsp3) is 0.500. The van der Waals surface area contributed by atoms with E-state index in [1.54, 1.807) is 18.2 Å². The Bertz CT molecular complexity index is 657. The molecule has 0 radical (unpaired) electrons. The molecule has 1 aliphatic rings. The number of ether oxygens (including phenoxy) is 2. The quantitative estimate of drug-likeness (QED) is 0.845. The van der Waals surface area contributed by atoms with Gasteiger partial charge in [-0.2, -0.15) is 0 Å². The predicted molar refractivity (Wildman–Crippen MR) is 82.7 cm³/mol. The molecule has 1 heterocycles. The molecule has 0 atom stereocenters. The van der Waals surface area contributed by atoms with E-state index in [1.807, 2.05) is 13.8 Å². The molecule has 0 fully saturated rings. The van der Waals surface area contributed by atoms with E-state index < -0.39 is 10.0 Å². The second kappa shape index (κ2) is 6.43. The molecular weight excluding hydrogens is 308 g/mol. The van der Waals surface area contributed by atoms with Crippen LogP contribution in [0.3, 0.4) is 0 Å². The normalized spacial score (nSPS) is 13.3. The van der Waals surface area contributed by atoms with Crippen molar-refractivity contribution in [1.29, 1.82) is 0 Å². The number of amides is 1. The summed E-state index contributed by atoms with van der Waals surface area (Å²) in [4.78, 5) is 12.0. The maximum absolute atomic E-state index is 12.3. The van der Waals surface area contributed by atoms with E-state index in [1.165, 1.54) is 6.92 Å². The van der Waals surface area contributed by atoms with E-state index in [9.17, 15) is 13.2 Å². The molecule has 0 aliphatic carbocycles. The number of hydrogen-bond donors (Lipinski definition) is 1. The number of hydrogen-bond acceptors (Lipinski definition) is 5. The van der Waals surface area contributed by atoms with Crippen molar-refractivity contribution < 1.29 is 22.7 Å². The first-order chi connectivity index (χ1) is 10.3. The largest absolute Gasteiger partial charge is 0.454 e. The average molecular weight is 328 g/mol. The monoisotopic (exact) mass is 328 g/mol. The van der Waals surface area contributed by atoms with Gasteiger partial charge < -0.3 is 14.8 Å². The second-order valence-corrected chi connectivity index (χ2v) is 7.35. The number of carbonyl (C=O) groups is 1. The van der Waals surface area contributed by atoms with Gasteiger partial charge in [0, 0.05) is 12.1 Å². The molecular formula is C14H20N2O5S. The van der Waals surface area contributed by atoms with Gasteiger partial charge >= 0.3 is 0 Å². The standard InChI is InChI=1S/C14H20N2O5S/c1-4-22(18,19)16(8-14(17)15-10(2)3)11-5-6-12-13(7-11)21-9-20-12/h5-7,10H,4,8-9H2,1-3H3,(H,15,17). The Morgan fingerprint density at radius 3 is 2.64 bits per heavy atom. The number of carbonyl (C=O) groups excluding carboxylic acids is 1. The minimum atomic E-state index is -3.59. The van der Waals surface area contributed by atoms with Crippen molar-refractivity contribution in [2.75, 3.05) is 23.4 Å². The van der Waals surface area contributed by atoms with Gasteiger partial charge in [-0.15, -0.1) is 0 Å². The van der Waals surface area contributed by atoms with Crippen molar-refractivity contribution >= 4 is 21.6 Å². The predicted octanol–water partition coefficient (Wildman–Crippen LogP) is 1.10. The van der Waals surface area contributed by atoms with Crippen LogP contribution >= 0.6 is 0 Å². The first kappa shape index (κ1) is 16.4. The summed E-state index contributed by atoms with van der Waals surface area (Å²) in [6.45, 7) is 5.01. The molecule has 122 valence electrons. The highest BCUT2D eigenvalue weighted by Crippen LogP contribution is 2.36. The topological polar surface area (TPSA) is 84.9 Å². The zero-order valence-electron chi connectivity index (χ0n) is 12.8. The molecule has 0 unspecified atom stereocenters. The lowest BCUT2D eigenvalue weighted by Gasteiger charge is -2.24. The Hall–Kier alpha value is -1.96. The summed E-state index contributed by atoms with van der Waals surface area (Å²) in [6, 6.07) is 4.74. The van der Waals surface area contributed by atoms with Crippen molar-refractivity contribution in [1.82, 2.24) is 5.32 Å². The summed E-state index contributed by atoms with van der Waals surface area (Å²) in [6.07, 6.45) is 0. The highest BCUT2D eigenvalue weighted by Gasteiger charge is 2.25. The number of sulfonamides is 1. The van der Waals surface area contributed by atoms with Gasteiger partial charge in [-0.1, -0.05) is 0 Å². The SMILES string of the molecule is CCS(=O)(=O)N(CC(=O)NC(C)C)c1ccc2c(c1)OCO2. The minimum Gasteiger partial charge on any atom is -0.454 e. The summed E-state index contributed by atoms with van der Waals surface area (Å²) < 4.78 is 36.2. The summed E-state index contributed by atoms with van der Waals surface area (Å²) >= 11 is 0. The molecule has 1 N–H and O–H groups in total. The molecule has 1 amide bonds. The van der Waals surface area contributed by atoms with Crippen LogP contribution in [-0.2, 0) is 14.8 Å². The molecule has 1 aromatic carbocycles. The summed E-state index contributed by atoms with van der Waals surface area (Å²) in [5, 5.41) is 2.69. The number of nitrogens with one attached hydrogen (secondary N) is 1. The summed E-state index contributed by atoms with van der Waals surface area (Å²) in [5.41, 5.74) is 0.380. The molecule has 22 heavy (non-hydrogen) atoms. The van der Waals surface area contributed by atoms with Crippen molar-refractivity contribution in [3.05, 3.63) is 18.2 Å². The number of anilines is 1. The van der Waals surface area contributed by atoms with Crippen LogP contribution in [0.15, 0.2) is 18.2 Å². The molecule has 1 aliphatic heterocycles. The van der Waals surface area contributed by atoms with Crippen LogP contribution in [0.25, 0.3) is 0 Å². The lowest BCUT2D eigenvalue weighted by Crippen LogP contribution is -2.43. The third-order valence-electron chi connectivity index (χ3n) is 3.08. The van der Waals surface area contributed by atoms with Gasteiger partial charge in [0.1, 0.15) is 6.54 Å². The van der Waals surface area contributed by atoms with E-state index in [-0.39, 0.29) is 31.0 Å². The molecule has 1 aromatic rings. The zero-order chi connectivity index (χ0) is 16.3. The van der Waals surface area contributed by atoms with Gasteiger partial charge in [0.25, 0.3) is 0 Å². The zero-order valence-corrected chi connectivity index (χ0v) is 13.6. The van der Waals surface area contributed by atoms with Crippen molar-refractivity contribution in [2.45, 2.75) is 26.8 Å². The van der Waals surface area contributed by atoms with Crippen molar-refractivity contribution in [2.24, 2.45) is 0 Å². The third kappa shape index (κ3) is 3.62. The molecule has 0 saturated heterocycles. The third-order valence-corrected chi connectivity index (χ3v) is 4.82. The molecule has 0 bridgehead atoms. The fourth-order valence-corrected chi connectivity index (χ4v) is 3.10. The number of fused-ring (bicyclic) bond motifs is 1. The van der Waals surface area contributed by atoms with E-state index in [0.717, 1.165) is 4.31 Å². The van der Waals surface area contributed by atoms with Gasteiger partial charge in [-0.3, -0.25) is 9.10 Å². The smallest absolute Gasteiger partial charge is 0.240 e. The van der Waals surface area contributed by atoms with Crippen LogP contribution < -0.4 is 19.1 Å². The maximum Gasteiger partial charge on any atom is 0.240 e. The van der Waals surface area contributed by atoms with Crippen LogP contribution in [0.4, 0.5) is 5.69 Å². The van der Waals surface area contributed by atoms with Gasteiger partial charge in [-0.25, -0.2) is 8.42 Å². The van der Waals surface area contributed by atoms with E-state index in [4.69, 9.17) is 9.47 Å². The Balaban J connectivity index is 2.30. The molecule has 8 heteroatoms. The van der Waals surface area contributed by atoms with Gasteiger partial charge in [0.15, 0.2) is 11.5 Å². The van der Waals surface area contributed by atoms with Crippen molar-refractivity contribution in [3.8, 4) is 11.5 Å². The molecule has 0 aromatic heterocycles. The van der Waals surface area contributed by atoms with E-state index in [0.29, 0.717) is 17.2 Å². The Morgan fingerprint density at radius 1 is 1.32 bits per heavy atom. The van der Waals surface area contributed by atoms with Crippen LogP contribution in [0.5, 0.6) is 11.5 Å². The first-order valence-corrected chi connectivity index (χ1v) is 8.64. The summed E-state index contributed by atoms with van der Waals surface area (Å²) in [5.74, 6) is 0.572. The number of nitrogens with zero attached hydrogens (tertiary/aromatic N) is 1. The van der Waals surface area contributed by atoms with Crippen LogP contribution in [0.2, 0.25) is 0 Å². The maximum atomic E-state index is 12.3. The number of rotatable bonds is 6. The minimum absolute atomic E-state index is 0.0598. The second-order valence-electron chi connectivity index (χ2n) is 5.17. The van der Waals surface area contributed by atoms with Gasteiger partial charge in [-0.05, 0) is 32.9 Å². The van der Waals surface area contributed by atoms with Crippen LogP contribution in [0, 0.1) is 0 Å². The van der Waals surface area contributed by atoms with Gasteiger partial charge in [0.05, 0.1) is 11.4 Å². The molecule has 0 spiro atoms. The Kier molecular flexibility index (Phi) is 4.80. The van der Waals surface area contributed by atoms with E-state index in [2.05, 4.69) is 5.32 Å². The average Bonchev–Trinajstić information content (AvgIpc) is 2.91. The lowest BCUT2D eigenvalue weighted by molar-refractivity contribution is -0.120. The highest BCUT2D eigenvalue weighted by atomic mass is 32.2. The van der Waals surface area contributed by atoms with Crippen molar-refractivity contribution in [3.63, 3.8) is 0 Å². The number of benzene rings is 1. The van der Waals surface area contributed by atoms with Crippen LogP contribution in [-0.4, -0.2) is 39.5 Å². The molecule has 2 rings (SSSR count). The molecule has 7 nitrogen and oxygen atoms in total. The van der Waals surface area contributed by atoms with Gasteiger partial charge in [0.2, 0.25) is 22.7 Å². The Labute approximate surface area is 130 Å². The van der Waals surface area contributed by atoms with Crippen LogP contribution in [0.1, 0.15) is 20.8 Å².